The predicted molar refractivity (Wildman–Crippen MR) is 126 cm³/mol. The van der Waals surface area contributed by atoms with E-state index in [2.05, 4.69) is 5.32 Å². The fourth-order valence-corrected chi connectivity index (χ4v) is 5.66. The summed E-state index contributed by atoms with van der Waals surface area (Å²) in [6.45, 7) is 4.25. The van der Waals surface area contributed by atoms with Gasteiger partial charge in [-0.15, -0.1) is 0 Å². The average molecular weight is 532 g/mol. The first-order valence-corrected chi connectivity index (χ1v) is 12.5. The van der Waals surface area contributed by atoms with Crippen LogP contribution in [-0.4, -0.2) is 35.9 Å². The van der Waals surface area contributed by atoms with Gasteiger partial charge >= 0.3 is 18.3 Å². The topological polar surface area (TPSA) is 58.6 Å². The first kappa shape index (κ1) is 27.5. The summed E-state index contributed by atoms with van der Waals surface area (Å²) in [5.41, 5.74) is -0.646. The number of nitrogens with one attached hydrogen (secondary N) is 1. The van der Waals surface area contributed by atoms with Crippen LogP contribution in [0.3, 0.4) is 0 Å². The third-order valence-electron chi connectivity index (χ3n) is 8.13. The summed E-state index contributed by atoms with van der Waals surface area (Å²) in [6, 6.07) is 7.65. The minimum absolute atomic E-state index is 0.00670. The number of carbonyl (C=O) groups is 1. The van der Waals surface area contributed by atoms with Gasteiger partial charge in [-0.1, -0.05) is 38.1 Å². The third-order valence-corrected chi connectivity index (χ3v) is 8.13. The zero-order chi connectivity index (χ0) is 27.2. The van der Waals surface area contributed by atoms with Crippen LogP contribution >= 0.6 is 0 Å². The monoisotopic (exact) mass is 531 g/mol. The number of carboxylic acid groups (broad SMARTS) is 1. The molecular formula is C27H31F6NO3. The molecule has 0 spiro atoms. The molecule has 204 valence electrons. The minimum Gasteiger partial charge on any atom is -0.490 e. The largest absolute Gasteiger partial charge is 0.490 e. The molecule has 0 bridgehead atoms. The van der Waals surface area contributed by atoms with Crippen molar-refractivity contribution in [3.63, 3.8) is 0 Å². The van der Waals surface area contributed by atoms with Crippen LogP contribution in [0.5, 0.6) is 5.75 Å². The van der Waals surface area contributed by atoms with E-state index in [1.807, 2.05) is 13.8 Å². The van der Waals surface area contributed by atoms with E-state index < -0.39 is 47.2 Å². The molecule has 0 aliphatic heterocycles. The molecule has 2 atom stereocenters. The van der Waals surface area contributed by atoms with E-state index in [1.165, 1.54) is 18.2 Å². The number of halogens is 6. The summed E-state index contributed by atoms with van der Waals surface area (Å²) in [4.78, 5) is 11.3. The first-order valence-electron chi connectivity index (χ1n) is 12.5. The lowest BCUT2D eigenvalue weighted by molar-refractivity contribution is -0.185. The van der Waals surface area contributed by atoms with Crippen molar-refractivity contribution in [1.29, 1.82) is 0 Å². The van der Waals surface area contributed by atoms with Crippen molar-refractivity contribution in [1.82, 2.24) is 5.32 Å². The summed E-state index contributed by atoms with van der Waals surface area (Å²) < 4.78 is 87.1. The van der Waals surface area contributed by atoms with E-state index in [1.54, 1.807) is 12.1 Å². The second-order valence-corrected chi connectivity index (χ2v) is 10.8. The zero-order valence-corrected chi connectivity index (χ0v) is 20.7. The van der Waals surface area contributed by atoms with Crippen LogP contribution < -0.4 is 10.1 Å². The molecule has 0 amide bonds. The normalized spacial score (nSPS) is 26.1. The van der Waals surface area contributed by atoms with Gasteiger partial charge in [-0.25, -0.2) is 0 Å². The van der Waals surface area contributed by atoms with Crippen molar-refractivity contribution >= 4 is 16.7 Å². The maximum Gasteiger partial charge on any atom is 0.420 e. The fourth-order valence-electron chi connectivity index (χ4n) is 5.66. The third kappa shape index (κ3) is 5.84. The van der Waals surface area contributed by atoms with E-state index in [9.17, 15) is 36.2 Å². The van der Waals surface area contributed by atoms with Crippen molar-refractivity contribution in [2.45, 2.75) is 76.9 Å². The van der Waals surface area contributed by atoms with Gasteiger partial charge < -0.3 is 15.2 Å². The van der Waals surface area contributed by atoms with E-state index in [0.717, 1.165) is 0 Å². The zero-order valence-electron chi connectivity index (χ0n) is 20.7. The number of ether oxygens (including phenoxy) is 1. The maximum absolute atomic E-state index is 14.2. The molecule has 0 heterocycles. The smallest absolute Gasteiger partial charge is 0.420 e. The summed E-state index contributed by atoms with van der Waals surface area (Å²) in [6.07, 6.45) is -8.99. The van der Waals surface area contributed by atoms with Gasteiger partial charge in [-0.2, -0.15) is 26.3 Å². The van der Waals surface area contributed by atoms with Crippen LogP contribution in [0.25, 0.3) is 10.8 Å². The van der Waals surface area contributed by atoms with Crippen LogP contribution in [0.1, 0.15) is 57.1 Å². The SMILES string of the molecule is CC1(C)[C@@H](C(=O)O)C[C@H]1NCCc1ccc2ccc(OC3CCC(C(F)(F)F)CC3)c(C(F)(F)F)c2c1. The lowest BCUT2D eigenvalue weighted by atomic mass is 9.58. The summed E-state index contributed by atoms with van der Waals surface area (Å²) in [7, 11) is 0. The molecule has 0 saturated heterocycles. The molecule has 4 rings (SSSR count). The molecule has 2 aromatic carbocycles. The van der Waals surface area contributed by atoms with Crippen LogP contribution in [0.15, 0.2) is 30.3 Å². The first-order chi connectivity index (χ1) is 17.2. The molecule has 0 radical (unpaired) electrons. The Morgan fingerprint density at radius 1 is 1.05 bits per heavy atom. The number of benzene rings is 2. The number of hydrogen-bond acceptors (Lipinski definition) is 3. The quantitative estimate of drug-likeness (QED) is 0.378. The van der Waals surface area contributed by atoms with Crippen LogP contribution in [-0.2, 0) is 17.4 Å². The molecule has 2 saturated carbocycles. The Morgan fingerprint density at radius 3 is 2.27 bits per heavy atom. The van der Waals surface area contributed by atoms with Crippen molar-refractivity contribution in [2.75, 3.05) is 6.54 Å². The highest BCUT2D eigenvalue weighted by Gasteiger charge is 2.51. The molecule has 2 aliphatic carbocycles. The highest BCUT2D eigenvalue weighted by molar-refractivity contribution is 5.89. The average Bonchev–Trinajstić information content (AvgIpc) is 2.79. The van der Waals surface area contributed by atoms with Gasteiger partial charge in [0.15, 0.2) is 0 Å². The summed E-state index contributed by atoms with van der Waals surface area (Å²) >= 11 is 0. The van der Waals surface area contributed by atoms with Gasteiger partial charge in [-0.3, -0.25) is 4.79 Å². The summed E-state index contributed by atoms with van der Waals surface area (Å²) in [5, 5.41) is 13.0. The molecule has 2 fully saturated rings. The number of hydrogen-bond donors (Lipinski definition) is 2. The second kappa shape index (κ2) is 10.0. The van der Waals surface area contributed by atoms with Crippen molar-refractivity contribution in [3.05, 3.63) is 41.5 Å². The molecule has 2 aliphatic rings. The molecule has 10 heteroatoms. The Labute approximate surface area is 211 Å². The maximum atomic E-state index is 14.2. The molecule has 0 unspecified atom stereocenters. The predicted octanol–water partition coefficient (Wildman–Crippen LogP) is 6.99. The van der Waals surface area contributed by atoms with Gasteiger partial charge in [-0.05, 0) is 72.9 Å². The molecule has 0 aromatic heterocycles. The van der Waals surface area contributed by atoms with Gasteiger partial charge in [0.1, 0.15) is 11.3 Å². The van der Waals surface area contributed by atoms with Crippen LogP contribution in [0.4, 0.5) is 26.3 Å². The lowest BCUT2D eigenvalue weighted by Crippen LogP contribution is -2.59. The Hall–Kier alpha value is -2.49. The summed E-state index contributed by atoms with van der Waals surface area (Å²) in [5.74, 6) is -3.06. The number of rotatable bonds is 7. The Morgan fingerprint density at radius 2 is 1.70 bits per heavy atom. The minimum atomic E-state index is -4.71. The Kier molecular flexibility index (Phi) is 7.44. The number of carboxylic acids is 1. The van der Waals surface area contributed by atoms with Crippen molar-refractivity contribution in [3.8, 4) is 5.75 Å². The standard InChI is InChI=1S/C27H31F6NO3/c1-25(2)20(24(35)36)14-22(25)34-12-11-15-3-4-16-5-10-21(23(19(16)13-15)27(31,32)33)37-18-8-6-17(7-9-18)26(28,29)30/h3-5,10,13,17-18,20,22,34H,6-9,11-12,14H2,1-2H3,(H,35,36)/t17?,18?,20-,22-/m1/s1. The van der Waals surface area contributed by atoms with E-state index in [-0.39, 0.29) is 42.9 Å². The molecular weight excluding hydrogens is 500 g/mol. The van der Waals surface area contributed by atoms with Crippen molar-refractivity contribution < 1.29 is 41.0 Å². The van der Waals surface area contributed by atoms with E-state index in [4.69, 9.17) is 4.74 Å². The van der Waals surface area contributed by atoms with Crippen LogP contribution in [0.2, 0.25) is 0 Å². The second-order valence-electron chi connectivity index (χ2n) is 10.8. The number of alkyl halides is 6. The fraction of sp³-hybridized carbons (Fsp3) is 0.593. The number of fused-ring (bicyclic) bond motifs is 1. The van der Waals surface area contributed by atoms with Gasteiger partial charge in [0.2, 0.25) is 0 Å². The highest BCUT2D eigenvalue weighted by Crippen LogP contribution is 2.47. The Balaban J connectivity index is 1.48. The van der Waals surface area contributed by atoms with Gasteiger partial charge in [0.05, 0.1) is 17.9 Å². The van der Waals surface area contributed by atoms with E-state index in [0.29, 0.717) is 30.3 Å². The number of aliphatic carboxylic acids is 1. The molecule has 4 nitrogen and oxygen atoms in total. The molecule has 2 N–H and O–H groups in total. The lowest BCUT2D eigenvalue weighted by Gasteiger charge is -2.50. The van der Waals surface area contributed by atoms with Gasteiger partial charge in [0.25, 0.3) is 0 Å². The van der Waals surface area contributed by atoms with E-state index >= 15 is 0 Å². The molecule has 2 aromatic rings. The highest BCUT2D eigenvalue weighted by atomic mass is 19.4. The molecule has 37 heavy (non-hydrogen) atoms. The Bertz CT molecular complexity index is 1140. The van der Waals surface area contributed by atoms with Crippen LogP contribution in [0, 0.1) is 17.3 Å². The van der Waals surface area contributed by atoms with Crippen molar-refractivity contribution in [2.24, 2.45) is 17.3 Å². The van der Waals surface area contributed by atoms with Gasteiger partial charge in [0, 0.05) is 6.04 Å².